The molecule has 0 saturated heterocycles. The molecule has 0 spiro atoms. The lowest BCUT2D eigenvalue weighted by atomic mass is 10.3. The van der Waals surface area contributed by atoms with Gasteiger partial charge in [-0.3, -0.25) is 0 Å². The summed E-state index contributed by atoms with van der Waals surface area (Å²) >= 11 is 0. The molecular formula is C6H5BrF2. The smallest absolute Gasteiger partial charge is 0.158 e. The third-order valence-corrected chi connectivity index (χ3v) is 0.824. The number of halogens is 3. The van der Waals surface area contributed by atoms with Gasteiger partial charge in [0.05, 0.1) is 0 Å². The monoisotopic (exact) mass is 194 g/mol. The Morgan fingerprint density at radius 3 is 1.44 bits per heavy atom. The number of rotatable bonds is 0. The van der Waals surface area contributed by atoms with Crippen LogP contribution in [0.25, 0.3) is 0 Å². The lowest BCUT2D eigenvalue weighted by Gasteiger charge is -1.85. The Bertz CT molecular complexity index is 167. The van der Waals surface area contributed by atoms with Crippen molar-refractivity contribution in [1.82, 2.24) is 0 Å². The summed E-state index contributed by atoms with van der Waals surface area (Å²) in [5, 5.41) is 0. The molecule has 0 heterocycles. The van der Waals surface area contributed by atoms with Crippen LogP contribution in [-0.2, 0) is 0 Å². The highest BCUT2D eigenvalue weighted by Gasteiger charge is 1.93. The molecule has 3 heteroatoms. The molecular weight excluding hydrogens is 190 g/mol. The van der Waals surface area contributed by atoms with Crippen LogP contribution in [-0.4, -0.2) is 0 Å². The molecule has 0 atom stereocenters. The largest absolute Gasteiger partial charge is 0.204 e. The molecule has 0 fully saturated rings. The molecule has 0 saturated carbocycles. The minimum absolute atomic E-state index is 0. The second kappa shape index (κ2) is 3.56. The molecule has 0 aliphatic heterocycles. The second-order valence-corrected chi connectivity index (χ2v) is 1.41. The summed E-state index contributed by atoms with van der Waals surface area (Å²) in [6, 6.07) is 5.04. The SMILES string of the molecule is Br.Fc1ccccc1F. The predicted octanol–water partition coefficient (Wildman–Crippen LogP) is 2.54. The third-order valence-electron chi connectivity index (χ3n) is 0.824. The molecule has 0 unspecified atom stereocenters. The van der Waals surface area contributed by atoms with Gasteiger partial charge in [0, 0.05) is 0 Å². The van der Waals surface area contributed by atoms with Gasteiger partial charge < -0.3 is 0 Å². The van der Waals surface area contributed by atoms with Gasteiger partial charge in [-0.05, 0) is 12.1 Å². The van der Waals surface area contributed by atoms with E-state index in [-0.39, 0.29) is 17.0 Å². The van der Waals surface area contributed by atoms with E-state index < -0.39 is 11.6 Å². The number of hydrogen-bond donors (Lipinski definition) is 0. The summed E-state index contributed by atoms with van der Waals surface area (Å²) < 4.78 is 23.9. The summed E-state index contributed by atoms with van der Waals surface area (Å²) in [4.78, 5) is 0. The molecule has 9 heavy (non-hydrogen) atoms. The highest BCUT2D eigenvalue weighted by molar-refractivity contribution is 8.93. The first-order chi connectivity index (χ1) is 3.80. The molecule has 0 aliphatic rings. The summed E-state index contributed by atoms with van der Waals surface area (Å²) in [7, 11) is 0. The Morgan fingerprint density at radius 2 is 1.22 bits per heavy atom. The number of hydrogen-bond acceptors (Lipinski definition) is 0. The first kappa shape index (κ1) is 8.56. The third kappa shape index (κ3) is 2.10. The van der Waals surface area contributed by atoms with E-state index in [1.54, 1.807) is 0 Å². The van der Waals surface area contributed by atoms with Crippen molar-refractivity contribution >= 4 is 17.0 Å². The van der Waals surface area contributed by atoms with Crippen molar-refractivity contribution in [2.75, 3.05) is 0 Å². The Hall–Kier alpha value is -0.440. The van der Waals surface area contributed by atoms with Crippen LogP contribution in [0, 0.1) is 11.6 Å². The van der Waals surface area contributed by atoms with E-state index in [1.165, 1.54) is 12.1 Å². The highest BCUT2D eigenvalue weighted by atomic mass is 79.9. The normalized spacial score (nSPS) is 8.22. The molecule has 0 nitrogen and oxygen atoms in total. The maximum atomic E-state index is 11.9. The second-order valence-electron chi connectivity index (χ2n) is 1.41. The molecule has 1 aromatic rings. The van der Waals surface area contributed by atoms with Crippen molar-refractivity contribution in [2.24, 2.45) is 0 Å². The summed E-state index contributed by atoms with van der Waals surface area (Å²) in [6.07, 6.45) is 0. The molecule has 50 valence electrons. The Morgan fingerprint density at radius 1 is 0.889 bits per heavy atom. The van der Waals surface area contributed by atoms with E-state index >= 15 is 0 Å². The maximum Gasteiger partial charge on any atom is 0.158 e. The summed E-state index contributed by atoms with van der Waals surface area (Å²) in [5.41, 5.74) is 0. The predicted molar refractivity (Wildman–Crippen MR) is 36.7 cm³/mol. The lowest BCUT2D eigenvalue weighted by Crippen LogP contribution is -1.77. The van der Waals surface area contributed by atoms with Crippen molar-refractivity contribution in [3.05, 3.63) is 35.9 Å². The van der Waals surface area contributed by atoms with Gasteiger partial charge in [0.25, 0.3) is 0 Å². The molecule has 0 aliphatic carbocycles. The van der Waals surface area contributed by atoms with Gasteiger partial charge in [0.1, 0.15) is 0 Å². The van der Waals surface area contributed by atoms with Gasteiger partial charge in [-0.25, -0.2) is 8.78 Å². The van der Waals surface area contributed by atoms with Crippen LogP contribution in [0.1, 0.15) is 0 Å². The fourth-order valence-electron chi connectivity index (χ4n) is 0.439. The standard InChI is InChI=1S/C6H4F2.BrH/c7-5-3-1-2-4-6(5)8;/h1-4H;1H. The lowest BCUT2D eigenvalue weighted by molar-refractivity contribution is 0.508. The van der Waals surface area contributed by atoms with Crippen molar-refractivity contribution in [3.8, 4) is 0 Å². The highest BCUT2D eigenvalue weighted by Crippen LogP contribution is 2.01. The first-order valence-electron chi connectivity index (χ1n) is 2.21. The molecule has 0 aromatic heterocycles. The van der Waals surface area contributed by atoms with Crippen LogP contribution in [0.3, 0.4) is 0 Å². The van der Waals surface area contributed by atoms with Crippen molar-refractivity contribution in [2.45, 2.75) is 0 Å². The topological polar surface area (TPSA) is 0 Å². The zero-order valence-corrected chi connectivity index (χ0v) is 6.19. The van der Waals surface area contributed by atoms with Gasteiger partial charge in [-0.15, -0.1) is 17.0 Å². The van der Waals surface area contributed by atoms with Crippen LogP contribution in [0.5, 0.6) is 0 Å². The Balaban J connectivity index is 0.000000640. The van der Waals surface area contributed by atoms with Crippen LogP contribution < -0.4 is 0 Å². The van der Waals surface area contributed by atoms with Crippen LogP contribution in [0.15, 0.2) is 24.3 Å². The molecule has 0 amide bonds. The molecule has 0 radical (unpaired) electrons. The maximum absolute atomic E-state index is 11.9. The van der Waals surface area contributed by atoms with E-state index in [0.29, 0.717) is 0 Å². The molecule has 0 bridgehead atoms. The quantitative estimate of drug-likeness (QED) is 0.596. The zero-order valence-electron chi connectivity index (χ0n) is 4.47. The average Bonchev–Trinajstić information content (AvgIpc) is 1.77. The average molecular weight is 195 g/mol. The van der Waals surface area contributed by atoms with Crippen molar-refractivity contribution in [3.63, 3.8) is 0 Å². The van der Waals surface area contributed by atoms with Crippen molar-refractivity contribution in [1.29, 1.82) is 0 Å². The van der Waals surface area contributed by atoms with E-state index in [1.807, 2.05) is 0 Å². The summed E-state index contributed by atoms with van der Waals surface area (Å²) in [5.74, 6) is -1.60. The van der Waals surface area contributed by atoms with Gasteiger partial charge in [-0.1, -0.05) is 12.1 Å². The van der Waals surface area contributed by atoms with E-state index in [0.717, 1.165) is 12.1 Å². The fraction of sp³-hybridized carbons (Fsp3) is 0. The summed E-state index contributed by atoms with van der Waals surface area (Å²) in [6.45, 7) is 0. The minimum Gasteiger partial charge on any atom is -0.204 e. The van der Waals surface area contributed by atoms with Crippen LogP contribution >= 0.6 is 17.0 Å². The van der Waals surface area contributed by atoms with E-state index in [2.05, 4.69) is 0 Å². The Labute approximate surface area is 62.3 Å². The molecule has 1 rings (SSSR count). The van der Waals surface area contributed by atoms with E-state index in [9.17, 15) is 8.78 Å². The number of benzene rings is 1. The van der Waals surface area contributed by atoms with Crippen LogP contribution in [0.4, 0.5) is 8.78 Å². The van der Waals surface area contributed by atoms with Gasteiger partial charge >= 0.3 is 0 Å². The van der Waals surface area contributed by atoms with E-state index in [4.69, 9.17) is 0 Å². The van der Waals surface area contributed by atoms with Crippen LogP contribution in [0.2, 0.25) is 0 Å². The Kier molecular flexibility index (Phi) is 3.39. The molecule has 1 aromatic carbocycles. The fourth-order valence-corrected chi connectivity index (χ4v) is 0.439. The first-order valence-corrected chi connectivity index (χ1v) is 2.21. The van der Waals surface area contributed by atoms with Gasteiger partial charge in [0.2, 0.25) is 0 Å². The van der Waals surface area contributed by atoms with Gasteiger partial charge in [-0.2, -0.15) is 0 Å². The minimum atomic E-state index is -0.799. The zero-order chi connectivity index (χ0) is 5.98. The van der Waals surface area contributed by atoms with Gasteiger partial charge in [0.15, 0.2) is 11.6 Å². The molecule has 0 N–H and O–H groups in total. The van der Waals surface area contributed by atoms with Crippen molar-refractivity contribution < 1.29 is 8.78 Å².